The van der Waals surface area contributed by atoms with Crippen LogP contribution in [0.5, 0.6) is 0 Å². The highest BCUT2D eigenvalue weighted by molar-refractivity contribution is 5.76. The normalized spacial score (nSPS) is 25.7. The Kier molecular flexibility index (Phi) is 64.4. The van der Waals surface area contributed by atoms with Crippen molar-refractivity contribution < 1.29 is 89.4 Å². The van der Waals surface area contributed by atoms with Crippen molar-refractivity contribution in [3.8, 4) is 0 Å². The van der Waals surface area contributed by atoms with Crippen LogP contribution in [0, 0.1) is 0 Å². The molecule has 17 atom stereocenters. The molecule has 12 N–H and O–H groups in total. The molecule has 19 nitrogen and oxygen atoms in total. The van der Waals surface area contributed by atoms with Crippen LogP contribution in [0.2, 0.25) is 0 Å². The summed E-state index contributed by atoms with van der Waals surface area (Å²) in [4.78, 5) is 13.5. The summed E-state index contributed by atoms with van der Waals surface area (Å²) in [5, 5.41) is 121. The number of carbonyl (C=O) groups is 1. The number of carbonyl (C=O) groups excluding carboxylic acids is 1. The van der Waals surface area contributed by atoms with Crippen molar-refractivity contribution in [3.05, 3.63) is 146 Å². The molecule has 3 aliphatic rings. The molecule has 0 aliphatic carbocycles. The van der Waals surface area contributed by atoms with Gasteiger partial charge in [-0.1, -0.05) is 339 Å². The van der Waals surface area contributed by atoms with Crippen molar-refractivity contribution >= 4 is 5.91 Å². The molecule has 0 saturated carbocycles. The predicted molar refractivity (Wildman–Crippen MR) is 452 cm³/mol. The number of unbranched alkanes of at least 4 members (excludes halogenated alkanes) is 31. The summed E-state index contributed by atoms with van der Waals surface area (Å²) in [6.45, 7) is 1.63. The predicted octanol–water partition coefficient (Wildman–Crippen LogP) is 16.6. The zero-order valence-corrected chi connectivity index (χ0v) is 69.1. The molecule has 1 amide bonds. The highest BCUT2D eigenvalue weighted by Gasteiger charge is 2.54. The summed E-state index contributed by atoms with van der Waals surface area (Å²) in [7, 11) is 0. The fourth-order valence-corrected chi connectivity index (χ4v) is 13.9. The third kappa shape index (κ3) is 49.0. The van der Waals surface area contributed by atoms with E-state index in [1.807, 2.05) is 6.08 Å². The van der Waals surface area contributed by atoms with E-state index >= 15 is 0 Å². The Morgan fingerprint density at radius 1 is 0.330 bits per heavy atom. The van der Waals surface area contributed by atoms with Gasteiger partial charge in [0.15, 0.2) is 18.9 Å². The first-order valence-electron chi connectivity index (χ1n) is 44.1. The molecule has 0 aromatic carbocycles. The van der Waals surface area contributed by atoms with Crippen LogP contribution in [0.1, 0.15) is 303 Å². The Morgan fingerprint density at radius 3 is 0.964 bits per heavy atom. The van der Waals surface area contributed by atoms with Gasteiger partial charge in [-0.05, 0) is 103 Å². The zero-order valence-electron chi connectivity index (χ0n) is 69.1. The molecule has 3 aliphatic heterocycles. The van der Waals surface area contributed by atoms with Crippen LogP contribution in [0.3, 0.4) is 0 Å². The molecule has 0 aromatic heterocycles. The smallest absolute Gasteiger partial charge is 0.220 e. The maximum Gasteiger partial charge on any atom is 0.220 e. The molecule has 17 unspecified atom stereocenters. The summed E-state index contributed by atoms with van der Waals surface area (Å²) in [5.41, 5.74) is 0. The maximum absolute atomic E-state index is 13.5. The van der Waals surface area contributed by atoms with E-state index in [4.69, 9.17) is 28.4 Å². The zero-order chi connectivity index (χ0) is 81.0. The van der Waals surface area contributed by atoms with Crippen LogP contribution in [0.15, 0.2) is 146 Å². The molecule has 0 spiro atoms. The number of hydrogen-bond donors (Lipinski definition) is 12. The van der Waals surface area contributed by atoms with Gasteiger partial charge in [0, 0.05) is 6.42 Å². The lowest BCUT2D eigenvalue weighted by Crippen LogP contribution is -2.66. The summed E-state index contributed by atoms with van der Waals surface area (Å²) >= 11 is 0. The molecular weight excluding hydrogens is 1420 g/mol. The van der Waals surface area contributed by atoms with Crippen molar-refractivity contribution in [3.63, 3.8) is 0 Å². The molecule has 0 aromatic rings. The standard InChI is InChI=1S/C93H157NO18/c1-3-5-7-9-11-13-15-17-19-21-23-25-27-29-31-32-33-34-35-36-37-38-39-40-41-42-43-44-45-47-49-51-53-55-57-59-61-63-65-67-69-71-81(99)94-76(77(98)70-68-66-64-62-60-58-56-54-52-50-48-46-30-28-26-24-22-20-18-16-14-12-10-8-6-4-2)75-107-91-87(105)84(102)89(79(73-96)109-91)112-93-88(106)85(103)90(80(74-97)110-93)111-92-86(104)83(101)82(100)78(72-95)108-92/h5,7,11,13,17,19,23,25,29,31,33-34,36-37,39-40,42-43,45,47,51,53,68,70,76-80,82-93,95-98,100-106H,3-4,6,8-10,12,14-16,18,20-22,24,26-28,30,32,35,38,41,44,46,48-50,52,54-67,69,71-75H2,1-2H3,(H,94,99)/b7-5-,13-11-,19-17-,25-23-,31-29-,34-33-,37-36-,40-39-,43-42-,47-45-,53-51-,70-68+. The quantitative estimate of drug-likeness (QED) is 0.0199. The first kappa shape index (κ1) is 102. The SMILES string of the molecule is CC/C=C\C/C=C\C/C=C\C/C=C\C/C=C\C/C=C\C/C=C\C/C=C\C/C=C\C/C=C\C/C=C\CCCCCCCCCC(=O)NC(COC1OC(CO)C(OC2OC(CO)C(OC3OC(CO)C(O)C(O)C3O)C(O)C2O)C(O)C1O)C(O)/C=C/CCCCCCCCCCCCCCCCCCCCCCCCCC. The van der Waals surface area contributed by atoms with Crippen molar-refractivity contribution in [1.82, 2.24) is 5.32 Å². The van der Waals surface area contributed by atoms with Crippen LogP contribution in [-0.2, 0) is 33.2 Å². The van der Waals surface area contributed by atoms with Crippen molar-refractivity contribution in [2.24, 2.45) is 0 Å². The minimum Gasteiger partial charge on any atom is -0.394 e. The first-order valence-corrected chi connectivity index (χ1v) is 44.1. The molecule has 0 radical (unpaired) electrons. The number of aliphatic hydroxyl groups excluding tert-OH is 11. The lowest BCUT2D eigenvalue weighted by atomic mass is 9.96. The summed E-state index contributed by atoms with van der Waals surface area (Å²) in [6, 6.07) is -0.992. The Balaban J connectivity index is 1.35. The highest BCUT2D eigenvalue weighted by atomic mass is 16.8. The fraction of sp³-hybridized carbons (Fsp3) is 0.731. The fourth-order valence-electron chi connectivity index (χ4n) is 13.9. The lowest BCUT2D eigenvalue weighted by molar-refractivity contribution is -0.379. The topological polar surface area (TPSA) is 307 Å². The largest absolute Gasteiger partial charge is 0.394 e. The van der Waals surface area contributed by atoms with Gasteiger partial charge < -0.3 is 89.9 Å². The van der Waals surface area contributed by atoms with Crippen LogP contribution in [-0.4, -0.2) is 193 Å². The number of amides is 1. The van der Waals surface area contributed by atoms with E-state index in [-0.39, 0.29) is 18.9 Å². The molecule has 0 bridgehead atoms. The van der Waals surface area contributed by atoms with Gasteiger partial charge in [-0.25, -0.2) is 0 Å². The van der Waals surface area contributed by atoms with Crippen LogP contribution >= 0.6 is 0 Å². The third-order valence-electron chi connectivity index (χ3n) is 20.9. The minimum atomic E-state index is -1.99. The molecule has 642 valence electrons. The summed E-state index contributed by atoms with van der Waals surface area (Å²) in [5.74, 6) is -0.289. The average molecular weight is 1580 g/mol. The van der Waals surface area contributed by atoms with E-state index in [1.165, 1.54) is 135 Å². The van der Waals surface area contributed by atoms with Gasteiger partial charge in [0.2, 0.25) is 5.91 Å². The van der Waals surface area contributed by atoms with Gasteiger partial charge >= 0.3 is 0 Å². The number of rotatable bonds is 69. The molecule has 112 heavy (non-hydrogen) atoms. The van der Waals surface area contributed by atoms with Gasteiger partial charge in [0.05, 0.1) is 38.6 Å². The van der Waals surface area contributed by atoms with Gasteiger partial charge in [0.1, 0.15) is 73.2 Å². The Hall–Kier alpha value is -4.33. The van der Waals surface area contributed by atoms with Crippen molar-refractivity contribution in [2.75, 3.05) is 26.4 Å². The molecule has 3 heterocycles. The summed E-state index contributed by atoms with van der Waals surface area (Å²) < 4.78 is 34.5. The molecular formula is C93H157NO18. The van der Waals surface area contributed by atoms with E-state index in [0.717, 1.165) is 141 Å². The van der Waals surface area contributed by atoms with E-state index in [0.29, 0.717) is 6.42 Å². The number of nitrogens with one attached hydrogen (secondary N) is 1. The molecule has 3 fully saturated rings. The second-order valence-corrected chi connectivity index (χ2v) is 30.6. The van der Waals surface area contributed by atoms with Crippen LogP contribution in [0.4, 0.5) is 0 Å². The van der Waals surface area contributed by atoms with Gasteiger partial charge in [-0.15, -0.1) is 0 Å². The summed E-state index contributed by atoms with van der Waals surface area (Å²) in [6.07, 6.45) is 76.9. The van der Waals surface area contributed by atoms with Gasteiger partial charge in [-0.3, -0.25) is 4.79 Å². The first-order chi connectivity index (χ1) is 54.8. The Labute approximate surface area is 676 Å². The lowest BCUT2D eigenvalue weighted by Gasteiger charge is -2.48. The Bertz CT molecular complexity index is 2590. The monoisotopic (exact) mass is 1580 g/mol. The number of ether oxygens (including phenoxy) is 6. The van der Waals surface area contributed by atoms with E-state index in [9.17, 15) is 61.0 Å². The third-order valence-corrected chi connectivity index (χ3v) is 20.9. The number of aliphatic hydroxyl groups is 11. The van der Waals surface area contributed by atoms with Crippen LogP contribution < -0.4 is 5.32 Å². The molecule has 19 heteroatoms. The van der Waals surface area contributed by atoms with Gasteiger partial charge in [0.25, 0.3) is 0 Å². The average Bonchev–Trinajstić information content (AvgIpc) is 0.781. The van der Waals surface area contributed by atoms with Gasteiger partial charge in [-0.2, -0.15) is 0 Å². The number of hydrogen-bond acceptors (Lipinski definition) is 18. The second-order valence-electron chi connectivity index (χ2n) is 30.6. The van der Waals surface area contributed by atoms with E-state index in [2.05, 4.69) is 153 Å². The highest BCUT2D eigenvalue weighted by Crippen LogP contribution is 2.33. The second kappa shape index (κ2) is 70.8. The maximum atomic E-state index is 13.5. The molecule has 3 saturated heterocycles. The minimum absolute atomic E-state index is 0.222. The van der Waals surface area contributed by atoms with Crippen molar-refractivity contribution in [2.45, 2.75) is 407 Å². The van der Waals surface area contributed by atoms with E-state index < -0.39 is 124 Å². The van der Waals surface area contributed by atoms with Crippen LogP contribution in [0.25, 0.3) is 0 Å². The van der Waals surface area contributed by atoms with E-state index in [1.54, 1.807) is 6.08 Å². The molecule has 3 rings (SSSR count). The Morgan fingerprint density at radius 2 is 0.616 bits per heavy atom. The van der Waals surface area contributed by atoms with Crippen molar-refractivity contribution in [1.29, 1.82) is 0 Å². The number of allylic oxidation sites excluding steroid dienone is 23.